The third kappa shape index (κ3) is 3.04. The zero-order valence-electron chi connectivity index (χ0n) is 13.6. The number of fused-ring (bicyclic) bond motifs is 1. The smallest absolute Gasteiger partial charge is 0.251 e. The number of rotatable bonds is 5. The van der Waals surface area contributed by atoms with Gasteiger partial charge in [-0.1, -0.05) is 0 Å². The topological polar surface area (TPSA) is 97.2 Å². The zero-order chi connectivity index (χ0) is 17.3. The number of nitrogens with one attached hydrogen (secondary N) is 1. The lowest BCUT2D eigenvalue weighted by Crippen LogP contribution is -2.25. The highest BCUT2D eigenvalue weighted by Crippen LogP contribution is 2.15. The number of carbonyl (C=O) groups is 1. The first-order valence-corrected chi connectivity index (χ1v) is 9.05. The lowest BCUT2D eigenvalue weighted by atomic mass is 10.2. The first kappa shape index (κ1) is 16.6. The van der Waals surface area contributed by atoms with E-state index in [1.165, 1.54) is 38.4 Å². The number of aryl methyl sites for hydroxylation is 1. The molecule has 2 heterocycles. The predicted molar refractivity (Wildman–Crippen MR) is 86.8 cm³/mol. The van der Waals surface area contributed by atoms with Crippen LogP contribution in [0.25, 0.3) is 0 Å². The van der Waals surface area contributed by atoms with E-state index in [0.29, 0.717) is 12.1 Å². The van der Waals surface area contributed by atoms with Crippen molar-refractivity contribution in [3.05, 3.63) is 41.5 Å². The Balaban J connectivity index is 1.67. The minimum absolute atomic E-state index is 0.152. The van der Waals surface area contributed by atoms with Crippen LogP contribution < -0.4 is 5.32 Å². The number of aromatic nitrogens is 3. The van der Waals surface area contributed by atoms with E-state index >= 15 is 0 Å². The predicted octanol–water partition coefficient (Wildman–Crippen LogP) is 0.405. The summed E-state index contributed by atoms with van der Waals surface area (Å²) in [6.45, 7) is 1.17. The fourth-order valence-corrected chi connectivity index (χ4v) is 3.49. The van der Waals surface area contributed by atoms with Crippen molar-refractivity contribution in [1.29, 1.82) is 0 Å². The van der Waals surface area contributed by atoms with Crippen LogP contribution >= 0.6 is 0 Å². The molecule has 0 saturated heterocycles. The Morgan fingerprint density at radius 1 is 1.25 bits per heavy atom. The molecule has 0 saturated carbocycles. The lowest BCUT2D eigenvalue weighted by molar-refractivity contribution is 0.0949. The van der Waals surface area contributed by atoms with Crippen molar-refractivity contribution in [3.8, 4) is 0 Å². The second-order valence-electron chi connectivity index (χ2n) is 5.78. The fourth-order valence-electron chi connectivity index (χ4n) is 2.59. The van der Waals surface area contributed by atoms with Crippen molar-refractivity contribution in [2.24, 2.45) is 0 Å². The van der Waals surface area contributed by atoms with E-state index in [2.05, 4.69) is 15.5 Å². The van der Waals surface area contributed by atoms with Gasteiger partial charge in [0, 0.05) is 32.6 Å². The zero-order valence-corrected chi connectivity index (χ0v) is 14.4. The monoisotopic (exact) mass is 349 g/mol. The van der Waals surface area contributed by atoms with E-state index in [1.807, 2.05) is 4.57 Å². The molecule has 9 heteroatoms. The number of amides is 1. The minimum Gasteiger partial charge on any atom is -0.345 e. The third-order valence-corrected chi connectivity index (χ3v) is 5.82. The van der Waals surface area contributed by atoms with Crippen molar-refractivity contribution < 1.29 is 13.2 Å². The second kappa shape index (κ2) is 6.33. The molecule has 1 amide bonds. The summed E-state index contributed by atoms with van der Waals surface area (Å²) in [6, 6.07) is 5.86. The van der Waals surface area contributed by atoms with Gasteiger partial charge in [0.05, 0.1) is 11.4 Å². The van der Waals surface area contributed by atoms with Gasteiger partial charge in [-0.2, -0.15) is 0 Å². The van der Waals surface area contributed by atoms with Gasteiger partial charge < -0.3 is 9.88 Å². The van der Waals surface area contributed by atoms with Crippen molar-refractivity contribution in [2.45, 2.75) is 30.8 Å². The maximum absolute atomic E-state index is 12.2. The second-order valence-corrected chi connectivity index (χ2v) is 7.93. The Bertz CT molecular complexity index is 856. The van der Waals surface area contributed by atoms with Crippen LogP contribution in [-0.2, 0) is 29.5 Å². The molecule has 1 aromatic heterocycles. The Kier molecular flexibility index (Phi) is 4.37. The van der Waals surface area contributed by atoms with E-state index in [4.69, 9.17) is 0 Å². The quantitative estimate of drug-likeness (QED) is 0.843. The standard InChI is InChI=1S/C15H19N5O3S/c1-19(2)24(22,23)12-7-5-11(6-8-12)15(21)16-10-14-18-17-13-4-3-9-20(13)14/h5-8H,3-4,9-10H2,1-2H3,(H,16,21). The Labute approximate surface area is 140 Å². The molecule has 128 valence electrons. The molecule has 0 fully saturated rings. The molecule has 0 radical (unpaired) electrons. The van der Waals surface area contributed by atoms with Crippen LogP contribution in [0.3, 0.4) is 0 Å². The van der Waals surface area contributed by atoms with Crippen LogP contribution in [0.5, 0.6) is 0 Å². The van der Waals surface area contributed by atoms with Crippen molar-refractivity contribution in [3.63, 3.8) is 0 Å². The highest BCUT2D eigenvalue weighted by atomic mass is 32.2. The van der Waals surface area contributed by atoms with E-state index < -0.39 is 10.0 Å². The number of sulfonamides is 1. The maximum atomic E-state index is 12.2. The molecule has 0 spiro atoms. The molecule has 0 atom stereocenters. The summed E-state index contributed by atoms with van der Waals surface area (Å²) >= 11 is 0. The van der Waals surface area contributed by atoms with Crippen LogP contribution in [0.2, 0.25) is 0 Å². The molecule has 1 aliphatic heterocycles. The van der Waals surface area contributed by atoms with Gasteiger partial charge in [0.2, 0.25) is 10.0 Å². The molecule has 1 aromatic carbocycles. The van der Waals surface area contributed by atoms with Gasteiger partial charge in [-0.25, -0.2) is 12.7 Å². The largest absolute Gasteiger partial charge is 0.345 e. The SMILES string of the molecule is CN(C)S(=O)(=O)c1ccc(C(=O)NCc2nnc3n2CCC3)cc1. The Morgan fingerprint density at radius 2 is 1.96 bits per heavy atom. The molecule has 0 bridgehead atoms. The first-order chi connectivity index (χ1) is 11.4. The van der Waals surface area contributed by atoms with Crippen LogP contribution in [-0.4, -0.2) is 47.5 Å². The first-order valence-electron chi connectivity index (χ1n) is 7.61. The molecular weight excluding hydrogens is 330 g/mol. The molecule has 2 aromatic rings. The Morgan fingerprint density at radius 3 is 2.62 bits per heavy atom. The Hall–Kier alpha value is -2.26. The van der Waals surface area contributed by atoms with Crippen LogP contribution in [0.4, 0.5) is 0 Å². The van der Waals surface area contributed by atoms with Crippen LogP contribution in [0, 0.1) is 0 Å². The molecule has 3 rings (SSSR count). The molecule has 0 aliphatic carbocycles. The van der Waals surface area contributed by atoms with Gasteiger partial charge in [-0.3, -0.25) is 4.79 Å². The van der Waals surface area contributed by atoms with E-state index in [0.717, 1.165) is 35.3 Å². The summed E-state index contributed by atoms with van der Waals surface area (Å²) in [6.07, 6.45) is 1.97. The molecule has 0 unspecified atom stereocenters. The van der Waals surface area contributed by atoms with Crippen molar-refractivity contribution in [1.82, 2.24) is 24.4 Å². The number of hydrogen-bond donors (Lipinski definition) is 1. The molecule has 1 N–H and O–H groups in total. The highest BCUT2D eigenvalue weighted by molar-refractivity contribution is 7.89. The van der Waals surface area contributed by atoms with Gasteiger partial charge in [-0.15, -0.1) is 10.2 Å². The highest BCUT2D eigenvalue weighted by Gasteiger charge is 2.19. The molecule has 24 heavy (non-hydrogen) atoms. The minimum atomic E-state index is -3.49. The van der Waals surface area contributed by atoms with Crippen LogP contribution in [0.15, 0.2) is 29.2 Å². The van der Waals surface area contributed by atoms with Gasteiger partial charge in [0.25, 0.3) is 5.91 Å². The number of benzene rings is 1. The lowest BCUT2D eigenvalue weighted by Gasteiger charge is -2.11. The number of carbonyl (C=O) groups excluding carboxylic acids is 1. The van der Waals surface area contributed by atoms with Gasteiger partial charge in [0.1, 0.15) is 5.82 Å². The van der Waals surface area contributed by atoms with E-state index in [1.54, 1.807) is 0 Å². The molecule has 1 aliphatic rings. The van der Waals surface area contributed by atoms with Crippen LogP contribution in [0.1, 0.15) is 28.4 Å². The van der Waals surface area contributed by atoms with Gasteiger partial charge in [-0.05, 0) is 30.7 Å². The average molecular weight is 349 g/mol. The number of hydrogen-bond acceptors (Lipinski definition) is 5. The summed E-state index contributed by atoms with van der Waals surface area (Å²) in [7, 11) is -0.563. The molecule has 8 nitrogen and oxygen atoms in total. The maximum Gasteiger partial charge on any atom is 0.251 e. The summed E-state index contributed by atoms with van der Waals surface area (Å²) in [5.74, 6) is 1.42. The number of nitrogens with zero attached hydrogens (tertiary/aromatic N) is 4. The fraction of sp³-hybridized carbons (Fsp3) is 0.400. The van der Waals surface area contributed by atoms with E-state index in [-0.39, 0.29) is 10.8 Å². The average Bonchev–Trinajstić information content (AvgIpc) is 3.16. The van der Waals surface area contributed by atoms with Crippen molar-refractivity contribution in [2.75, 3.05) is 14.1 Å². The summed E-state index contributed by atoms with van der Waals surface area (Å²) in [4.78, 5) is 12.4. The van der Waals surface area contributed by atoms with Gasteiger partial charge >= 0.3 is 0 Å². The van der Waals surface area contributed by atoms with Crippen molar-refractivity contribution >= 4 is 15.9 Å². The summed E-state index contributed by atoms with van der Waals surface area (Å²) in [5, 5.41) is 11.0. The summed E-state index contributed by atoms with van der Waals surface area (Å²) < 4.78 is 27.2. The van der Waals surface area contributed by atoms with Gasteiger partial charge in [0.15, 0.2) is 5.82 Å². The normalized spacial score (nSPS) is 14.0. The molecular formula is C15H19N5O3S. The summed E-state index contributed by atoms with van der Waals surface area (Å²) in [5.41, 5.74) is 0.397. The van der Waals surface area contributed by atoms with E-state index in [9.17, 15) is 13.2 Å². The third-order valence-electron chi connectivity index (χ3n) is 3.99.